The Morgan fingerprint density at radius 2 is 2.05 bits per heavy atom. The molecule has 0 saturated heterocycles. The average Bonchev–Trinajstić information content (AvgIpc) is 2.44. The molecule has 1 rings (SSSR count). The predicted octanol–water partition coefficient (Wildman–Crippen LogP) is 2.53. The summed E-state index contributed by atoms with van der Waals surface area (Å²) in [6, 6.07) is 5.83. The molecule has 0 aliphatic heterocycles. The van der Waals surface area contributed by atoms with E-state index in [1.54, 1.807) is 13.2 Å². The maximum Gasteiger partial charge on any atom is 0.132 e. The fourth-order valence-electron chi connectivity index (χ4n) is 2.05. The molecule has 0 heterocycles. The molecule has 3 nitrogen and oxygen atoms in total. The van der Waals surface area contributed by atoms with Gasteiger partial charge in [-0.05, 0) is 13.3 Å². The summed E-state index contributed by atoms with van der Waals surface area (Å²) < 4.78 is 19.3. The van der Waals surface area contributed by atoms with Gasteiger partial charge in [-0.15, -0.1) is 0 Å². The molecule has 0 aliphatic rings. The molecule has 0 aromatic heterocycles. The van der Waals surface area contributed by atoms with Gasteiger partial charge in [0.15, 0.2) is 0 Å². The summed E-state index contributed by atoms with van der Waals surface area (Å²) in [5.74, 6) is -0.171. The Kier molecular flexibility index (Phi) is 6.99. The molecular formula is C15H25FN2O. The maximum atomic E-state index is 14.2. The van der Waals surface area contributed by atoms with E-state index in [9.17, 15) is 4.39 Å². The van der Waals surface area contributed by atoms with Crippen LogP contribution < -0.4 is 5.73 Å². The van der Waals surface area contributed by atoms with Crippen LogP contribution in [0.25, 0.3) is 0 Å². The third kappa shape index (κ3) is 4.56. The molecule has 0 saturated carbocycles. The van der Waals surface area contributed by atoms with Crippen molar-refractivity contribution in [2.24, 2.45) is 5.73 Å². The topological polar surface area (TPSA) is 38.5 Å². The zero-order valence-electron chi connectivity index (χ0n) is 12.2. The number of nitrogens with zero attached hydrogens (tertiary/aromatic N) is 1. The molecule has 1 aromatic carbocycles. The third-order valence-corrected chi connectivity index (χ3v) is 3.55. The first-order valence-electron chi connectivity index (χ1n) is 6.83. The van der Waals surface area contributed by atoms with Gasteiger partial charge >= 0.3 is 0 Å². The quantitative estimate of drug-likeness (QED) is 0.787. The molecule has 0 radical (unpaired) electrons. The third-order valence-electron chi connectivity index (χ3n) is 3.55. The summed E-state index contributed by atoms with van der Waals surface area (Å²) in [5.41, 5.74) is 6.83. The first kappa shape index (κ1) is 16.1. The van der Waals surface area contributed by atoms with Crippen LogP contribution in [-0.4, -0.2) is 31.2 Å². The lowest BCUT2D eigenvalue weighted by Gasteiger charge is -2.28. The Balaban J connectivity index is 2.83. The van der Waals surface area contributed by atoms with E-state index in [0.717, 1.165) is 13.0 Å². The summed E-state index contributed by atoms with van der Waals surface area (Å²) in [6.45, 7) is 6.58. The van der Waals surface area contributed by atoms with E-state index >= 15 is 0 Å². The number of nitrogens with two attached hydrogens (primary N) is 1. The summed E-state index contributed by atoms with van der Waals surface area (Å²) in [6.07, 6.45) is 1.03. The van der Waals surface area contributed by atoms with Crippen LogP contribution in [0.3, 0.4) is 0 Å². The molecular weight excluding hydrogens is 243 g/mol. The van der Waals surface area contributed by atoms with Gasteiger partial charge < -0.3 is 10.5 Å². The minimum atomic E-state index is -0.171. The fourth-order valence-corrected chi connectivity index (χ4v) is 2.05. The molecule has 1 aromatic rings. The molecule has 1 atom stereocenters. The van der Waals surface area contributed by atoms with E-state index in [1.165, 1.54) is 0 Å². The first-order valence-corrected chi connectivity index (χ1v) is 6.83. The Morgan fingerprint density at radius 1 is 1.37 bits per heavy atom. The molecule has 4 heteroatoms. The van der Waals surface area contributed by atoms with E-state index in [4.69, 9.17) is 10.5 Å². The minimum absolute atomic E-state index is 0.171. The van der Waals surface area contributed by atoms with E-state index in [1.807, 2.05) is 12.1 Å². The van der Waals surface area contributed by atoms with Gasteiger partial charge in [-0.1, -0.05) is 25.1 Å². The molecule has 108 valence electrons. The Hall–Kier alpha value is -0.970. The van der Waals surface area contributed by atoms with Crippen molar-refractivity contribution in [2.45, 2.75) is 39.4 Å². The van der Waals surface area contributed by atoms with Crippen LogP contribution in [0.15, 0.2) is 18.2 Å². The lowest BCUT2D eigenvalue weighted by molar-refractivity contribution is 0.117. The standard InChI is InChI=1S/C15H25FN2O/c1-4-12(2)18(8-9-19-3)11-14-7-5-6-13(10-17)15(14)16/h5-7,12H,4,8-11,17H2,1-3H3. The van der Waals surface area contributed by atoms with Crippen molar-refractivity contribution in [3.8, 4) is 0 Å². The largest absolute Gasteiger partial charge is 0.383 e. The van der Waals surface area contributed by atoms with Gasteiger partial charge in [0.05, 0.1) is 6.61 Å². The second kappa shape index (κ2) is 8.25. The number of hydrogen-bond acceptors (Lipinski definition) is 3. The Bertz CT molecular complexity index is 384. The van der Waals surface area contributed by atoms with E-state index in [-0.39, 0.29) is 12.4 Å². The van der Waals surface area contributed by atoms with Crippen molar-refractivity contribution in [1.29, 1.82) is 0 Å². The first-order chi connectivity index (χ1) is 9.13. The highest BCUT2D eigenvalue weighted by Gasteiger charge is 2.15. The summed E-state index contributed by atoms with van der Waals surface area (Å²) >= 11 is 0. The zero-order valence-corrected chi connectivity index (χ0v) is 12.2. The normalized spacial score (nSPS) is 12.9. The van der Waals surface area contributed by atoms with Gasteiger partial charge in [0, 0.05) is 43.9 Å². The fraction of sp³-hybridized carbons (Fsp3) is 0.600. The summed E-state index contributed by atoms with van der Waals surface area (Å²) in [5, 5.41) is 0. The van der Waals surface area contributed by atoms with Crippen molar-refractivity contribution in [1.82, 2.24) is 4.90 Å². The van der Waals surface area contributed by atoms with Crippen LogP contribution >= 0.6 is 0 Å². The van der Waals surface area contributed by atoms with Crippen molar-refractivity contribution in [3.05, 3.63) is 35.1 Å². The van der Waals surface area contributed by atoms with Crippen molar-refractivity contribution in [2.75, 3.05) is 20.3 Å². The van der Waals surface area contributed by atoms with E-state index in [2.05, 4.69) is 18.7 Å². The zero-order chi connectivity index (χ0) is 14.3. The molecule has 19 heavy (non-hydrogen) atoms. The number of rotatable bonds is 8. The van der Waals surface area contributed by atoms with Crippen LogP contribution in [0, 0.1) is 5.82 Å². The maximum absolute atomic E-state index is 14.2. The molecule has 2 N–H and O–H groups in total. The average molecular weight is 268 g/mol. The highest BCUT2D eigenvalue weighted by molar-refractivity contribution is 5.25. The van der Waals surface area contributed by atoms with Gasteiger partial charge in [-0.2, -0.15) is 0 Å². The van der Waals surface area contributed by atoms with Gasteiger partial charge in [0.2, 0.25) is 0 Å². The van der Waals surface area contributed by atoms with Crippen molar-refractivity contribution >= 4 is 0 Å². The van der Waals surface area contributed by atoms with Gasteiger partial charge in [-0.25, -0.2) is 4.39 Å². The number of ether oxygens (including phenoxy) is 1. The number of halogens is 1. The molecule has 1 unspecified atom stereocenters. The highest BCUT2D eigenvalue weighted by Crippen LogP contribution is 2.16. The number of methoxy groups -OCH3 is 1. The summed E-state index contributed by atoms with van der Waals surface area (Å²) in [7, 11) is 1.68. The SMILES string of the molecule is CCC(C)N(CCOC)Cc1cccc(CN)c1F. The van der Waals surface area contributed by atoms with Crippen LogP contribution in [0.1, 0.15) is 31.4 Å². The van der Waals surface area contributed by atoms with Crippen LogP contribution in [0.5, 0.6) is 0 Å². The van der Waals surface area contributed by atoms with Gasteiger partial charge in [-0.3, -0.25) is 4.90 Å². The van der Waals surface area contributed by atoms with Crippen LogP contribution in [0.2, 0.25) is 0 Å². The lowest BCUT2D eigenvalue weighted by Crippen LogP contribution is -2.35. The lowest BCUT2D eigenvalue weighted by atomic mass is 10.1. The van der Waals surface area contributed by atoms with Crippen LogP contribution in [-0.2, 0) is 17.8 Å². The van der Waals surface area contributed by atoms with Gasteiger partial charge in [0.25, 0.3) is 0 Å². The van der Waals surface area contributed by atoms with Crippen LogP contribution in [0.4, 0.5) is 4.39 Å². The van der Waals surface area contributed by atoms with E-state index < -0.39 is 0 Å². The second-order valence-electron chi connectivity index (χ2n) is 4.81. The predicted molar refractivity (Wildman–Crippen MR) is 76.3 cm³/mol. The van der Waals surface area contributed by atoms with Gasteiger partial charge in [0.1, 0.15) is 5.82 Å². The molecule has 0 aliphatic carbocycles. The minimum Gasteiger partial charge on any atom is -0.383 e. The monoisotopic (exact) mass is 268 g/mol. The van der Waals surface area contributed by atoms with E-state index in [0.29, 0.717) is 30.3 Å². The molecule has 0 fully saturated rings. The second-order valence-corrected chi connectivity index (χ2v) is 4.81. The smallest absolute Gasteiger partial charge is 0.132 e. The number of benzene rings is 1. The van der Waals surface area contributed by atoms with Crippen molar-refractivity contribution < 1.29 is 9.13 Å². The Morgan fingerprint density at radius 3 is 2.63 bits per heavy atom. The summed E-state index contributed by atoms with van der Waals surface area (Å²) in [4.78, 5) is 2.24. The Labute approximate surface area is 115 Å². The molecule has 0 amide bonds. The molecule has 0 bridgehead atoms. The highest BCUT2D eigenvalue weighted by atomic mass is 19.1. The number of hydrogen-bond donors (Lipinski definition) is 1. The van der Waals surface area contributed by atoms with Crippen molar-refractivity contribution in [3.63, 3.8) is 0 Å². The molecule has 0 spiro atoms.